The molecule has 26 heavy (non-hydrogen) atoms. The number of thiazole rings is 1. The van der Waals surface area contributed by atoms with Crippen LogP contribution in [0.1, 0.15) is 49.1 Å². The Balaban J connectivity index is 1.35. The van der Waals surface area contributed by atoms with E-state index in [0.29, 0.717) is 37.5 Å². The van der Waals surface area contributed by atoms with Crippen LogP contribution in [0.15, 0.2) is 0 Å². The number of carbonyl (C=O) groups is 3. The van der Waals surface area contributed by atoms with Gasteiger partial charge in [0.25, 0.3) is 0 Å². The Morgan fingerprint density at radius 1 is 1.19 bits per heavy atom. The van der Waals surface area contributed by atoms with Crippen LogP contribution in [0.25, 0.3) is 0 Å². The van der Waals surface area contributed by atoms with Crippen LogP contribution in [0, 0.1) is 0 Å². The molecular formula is C17H23N5O3S. The van der Waals surface area contributed by atoms with Gasteiger partial charge in [-0.1, -0.05) is 24.2 Å². The first-order valence-electron chi connectivity index (χ1n) is 9.23. The molecule has 1 aromatic heterocycles. The Hall–Kier alpha value is -2.16. The molecule has 1 aliphatic carbocycles. The number of nitrogens with zero attached hydrogens (tertiary/aromatic N) is 2. The molecule has 1 unspecified atom stereocenters. The van der Waals surface area contributed by atoms with E-state index >= 15 is 0 Å². The largest absolute Gasteiger partial charge is 0.344 e. The second-order valence-electron chi connectivity index (χ2n) is 7.14. The minimum Gasteiger partial charge on any atom is -0.344 e. The molecule has 0 bridgehead atoms. The smallest absolute Gasteiger partial charge is 0.321 e. The molecule has 4 amide bonds. The summed E-state index contributed by atoms with van der Waals surface area (Å²) in [4.78, 5) is 43.3. The Bertz CT molecular complexity index is 728. The van der Waals surface area contributed by atoms with Gasteiger partial charge in [-0.2, -0.15) is 0 Å². The van der Waals surface area contributed by atoms with Crippen LogP contribution >= 0.6 is 11.3 Å². The maximum atomic E-state index is 12.5. The lowest BCUT2D eigenvalue weighted by molar-refractivity contribution is -0.135. The SMILES string of the molecule is O=C1CCC(C(=O)N2CCc3nc(NC(=O)NC4CCCC4)sc3C2)N1. The van der Waals surface area contributed by atoms with Gasteiger partial charge in [0.1, 0.15) is 6.04 Å². The summed E-state index contributed by atoms with van der Waals surface area (Å²) in [6.45, 7) is 1.08. The molecule has 1 saturated heterocycles. The predicted molar refractivity (Wildman–Crippen MR) is 96.8 cm³/mol. The van der Waals surface area contributed by atoms with Crippen LogP contribution in [-0.4, -0.2) is 46.4 Å². The molecule has 8 nitrogen and oxygen atoms in total. The quantitative estimate of drug-likeness (QED) is 0.740. The lowest BCUT2D eigenvalue weighted by Gasteiger charge is -2.28. The van der Waals surface area contributed by atoms with Gasteiger partial charge in [0.2, 0.25) is 11.8 Å². The summed E-state index contributed by atoms with van der Waals surface area (Å²) in [7, 11) is 0. The number of amides is 4. The van der Waals surface area contributed by atoms with Gasteiger partial charge in [0.15, 0.2) is 5.13 Å². The topological polar surface area (TPSA) is 103 Å². The van der Waals surface area contributed by atoms with Crippen LogP contribution in [-0.2, 0) is 22.6 Å². The Morgan fingerprint density at radius 3 is 2.73 bits per heavy atom. The van der Waals surface area contributed by atoms with E-state index in [2.05, 4.69) is 20.9 Å². The first kappa shape index (κ1) is 17.3. The van der Waals surface area contributed by atoms with Gasteiger partial charge < -0.3 is 15.5 Å². The Morgan fingerprint density at radius 2 is 2.00 bits per heavy atom. The van der Waals surface area contributed by atoms with Crippen molar-refractivity contribution >= 4 is 34.3 Å². The first-order chi connectivity index (χ1) is 12.6. The van der Waals surface area contributed by atoms with Crippen molar-refractivity contribution in [1.29, 1.82) is 0 Å². The average molecular weight is 377 g/mol. The molecule has 3 N–H and O–H groups in total. The molecule has 140 valence electrons. The third-order valence-electron chi connectivity index (χ3n) is 5.25. The second kappa shape index (κ2) is 7.22. The van der Waals surface area contributed by atoms with Crippen molar-refractivity contribution in [2.45, 2.75) is 63.6 Å². The summed E-state index contributed by atoms with van der Waals surface area (Å²) in [6, 6.07) is -0.337. The van der Waals surface area contributed by atoms with E-state index < -0.39 is 6.04 Å². The van der Waals surface area contributed by atoms with Crippen molar-refractivity contribution in [1.82, 2.24) is 20.5 Å². The molecule has 1 atom stereocenters. The van der Waals surface area contributed by atoms with Crippen LogP contribution in [0.5, 0.6) is 0 Å². The Labute approximate surface area is 155 Å². The third-order valence-corrected chi connectivity index (χ3v) is 6.24. The van der Waals surface area contributed by atoms with Crippen LogP contribution < -0.4 is 16.0 Å². The van der Waals surface area contributed by atoms with Crippen molar-refractivity contribution in [3.8, 4) is 0 Å². The zero-order valence-electron chi connectivity index (χ0n) is 14.5. The summed E-state index contributed by atoms with van der Waals surface area (Å²) in [5.74, 6) is -0.0815. The molecule has 0 spiro atoms. The number of carbonyl (C=O) groups excluding carboxylic acids is 3. The third kappa shape index (κ3) is 3.67. The molecule has 3 aliphatic rings. The maximum Gasteiger partial charge on any atom is 0.321 e. The van der Waals surface area contributed by atoms with Crippen LogP contribution in [0.3, 0.4) is 0 Å². The molecule has 4 rings (SSSR count). The van der Waals surface area contributed by atoms with Crippen LogP contribution in [0.4, 0.5) is 9.93 Å². The summed E-state index contributed by atoms with van der Waals surface area (Å²) >= 11 is 1.42. The van der Waals surface area contributed by atoms with Gasteiger partial charge in [-0.05, 0) is 19.3 Å². The van der Waals surface area contributed by atoms with Crippen molar-refractivity contribution < 1.29 is 14.4 Å². The number of nitrogens with one attached hydrogen (secondary N) is 3. The lowest BCUT2D eigenvalue weighted by Crippen LogP contribution is -2.46. The van der Waals surface area contributed by atoms with E-state index in [1.807, 2.05) is 0 Å². The molecular weight excluding hydrogens is 354 g/mol. The molecule has 9 heteroatoms. The number of hydrogen-bond acceptors (Lipinski definition) is 5. The van der Waals surface area contributed by atoms with Gasteiger partial charge in [0, 0.05) is 30.3 Å². The van der Waals surface area contributed by atoms with Crippen LogP contribution in [0.2, 0.25) is 0 Å². The van der Waals surface area contributed by atoms with E-state index in [0.717, 1.165) is 23.4 Å². The van der Waals surface area contributed by atoms with Crippen molar-refractivity contribution in [3.63, 3.8) is 0 Å². The van der Waals surface area contributed by atoms with Crippen molar-refractivity contribution in [2.24, 2.45) is 0 Å². The van der Waals surface area contributed by atoms with Gasteiger partial charge in [0.05, 0.1) is 12.2 Å². The molecule has 1 saturated carbocycles. The number of aromatic nitrogens is 1. The first-order valence-corrected chi connectivity index (χ1v) is 10.0. The van der Waals surface area contributed by atoms with Gasteiger partial charge in [-0.25, -0.2) is 9.78 Å². The summed E-state index contributed by atoms with van der Waals surface area (Å²) in [6.07, 6.45) is 6.07. The molecule has 0 aromatic carbocycles. The number of hydrogen-bond donors (Lipinski definition) is 3. The van der Waals surface area contributed by atoms with Crippen molar-refractivity contribution in [2.75, 3.05) is 11.9 Å². The fourth-order valence-electron chi connectivity index (χ4n) is 3.85. The van der Waals surface area contributed by atoms with E-state index in [1.54, 1.807) is 4.90 Å². The monoisotopic (exact) mass is 377 g/mol. The minimum absolute atomic E-state index is 0.0246. The summed E-state index contributed by atoms with van der Waals surface area (Å²) < 4.78 is 0. The number of anilines is 1. The molecule has 2 aliphatic heterocycles. The Kier molecular flexibility index (Phi) is 4.80. The number of rotatable bonds is 3. The summed E-state index contributed by atoms with van der Waals surface area (Å²) in [5.41, 5.74) is 0.950. The fraction of sp³-hybridized carbons (Fsp3) is 0.647. The number of urea groups is 1. The van der Waals surface area contributed by atoms with E-state index in [1.165, 1.54) is 24.2 Å². The molecule has 2 fully saturated rings. The minimum atomic E-state index is -0.397. The highest BCUT2D eigenvalue weighted by Crippen LogP contribution is 2.29. The molecule has 1 aromatic rings. The second-order valence-corrected chi connectivity index (χ2v) is 8.22. The standard InChI is InChI=1S/C17H23N5O3S/c23-14-6-5-12(19-14)15(24)22-8-7-11-13(9-22)26-17(20-11)21-16(25)18-10-3-1-2-4-10/h10,12H,1-9H2,(H,19,23)(H2,18,20,21,25). The molecule has 0 radical (unpaired) electrons. The zero-order chi connectivity index (χ0) is 18.1. The van der Waals surface area contributed by atoms with E-state index in [4.69, 9.17) is 0 Å². The number of fused-ring (bicyclic) bond motifs is 1. The van der Waals surface area contributed by atoms with Gasteiger partial charge >= 0.3 is 6.03 Å². The van der Waals surface area contributed by atoms with Crippen molar-refractivity contribution in [3.05, 3.63) is 10.6 Å². The molecule has 3 heterocycles. The van der Waals surface area contributed by atoms with Gasteiger partial charge in [-0.3, -0.25) is 14.9 Å². The highest BCUT2D eigenvalue weighted by atomic mass is 32.1. The van der Waals surface area contributed by atoms with Gasteiger partial charge in [-0.15, -0.1) is 0 Å². The highest BCUT2D eigenvalue weighted by Gasteiger charge is 2.33. The highest BCUT2D eigenvalue weighted by molar-refractivity contribution is 7.15. The normalized spacial score (nSPS) is 22.8. The summed E-state index contributed by atoms with van der Waals surface area (Å²) in [5, 5.41) is 9.13. The van der Waals surface area contributed by atoms with E-state index in [9.17, 15) is 14.4 Å². The fourth-order valence-corrected chi connectivity index (χ4v) is 4.86. The average Bonchev–Trinajstić information content (AvgIpc) is 3.34. The van der Waals surface area contributed by atoms with E-state index in [-0.39, 0.29) is 23.9 Å². The predicted octanol–water partition coefficient (Wildman–Crippen LogP) is 1.37. The lowest BCUT2D eigenvalue weighted by atomic mass is 10.1. The maximum absolute atomic E-state index is 12.5. The zero-order valence-corrected chi connectivity index (χ0v) is 15.4.